The lowest BCUT2D eigenvalue weighted by molar-refractivity contribution is -0.187. The van der Waals surface area contributed by atoms with Gasteiger partial charge in [-0.25, -0.2) is 9.40 Å². The standard InChI is InChI=1S/C12H12F4N2O/c13-9-3-1-2-8(6-9)7-10(12(14,15)16)18-5-4-11(19)17-18/h1-3,6,10H,4-5,7H2,(H,17,19). The first-order valence-corrected chi connectivity index (χ1v) is 5.73. The third-order valence-electron chi connectivity index (χ3n) is 2.92. The number of hydrogen-bond acceptors (Lipinski definition) is 2. The lowest BCUT2D eigenvalue weighted by Crippen LogP contribution is -2.51. The Balaban J connectivity index is 2.17. The summed E-state index contributed by atoms with van der Waals surface area (Å²) < 4.78 is 52.0. The van der Waals surface area contributed by atoms with Crippen LogP contribution in [-0.2, 0) is 11.2 Å². The molecule has 0 aromatic heterocycles. The molecule has 1 unspecified atom stereocenters. The summed E-state index contributed by atoms with van der Waals surface area (Å²) >= 11 is 0. The van der Waals surface area contributed by atoms with Crippen LogP contribution in [0.25, 0.3) is 0 Å². The van der Waals surface area contributed by atoms with Crippen LogP contribution in [0.4, 0.5) is 17.6 Å². The summed E-state index contributed by atoms with van der Waals surface area (Å²) in [4.78, 5) is 11.0. The zero-order chi connectivity index (χ0) is 14.0. The Morgan fingerprint density at radius 3 is 2.63 bits per heavy atom. The molecule has 0 spiro atoms. The van der Waals surface area contributed by atoms with Crippen LogP contribution >= 0.6 is 0 Å². The third kappa shape index (κ3) is 3.44. The molecule has 1 aliphatic heterocycles. The molecule has 0 aliphatic carbocycles. The zero-order valence-corrected chi connectivity index (χ0v) is 9.88. The van der Waals surface area contributed by atoms with E-state index in [-0.39, 0.29) is 18.5 Å². The Kier molecular flexibility index (Phi) is 3.75. The van der Waals surface area contributed by atoms with Crippen LogP contribution < -0.4 is 5.43 Å². The summed E-state index contributed by atoms with van der Waals surface area (Å²) in [5.41, 5.74) is 2.42. The fourth-order valence-electron chi connectivity index (χ4n) is 2.02. The highest BCUT2D eigenvalue weighted by Crippen LogP contribution is 2.28. The van der Waals surface area contributed by atoms with Crippen LogP contribution in [0.1, 0.15) is 12.0 Å². The number of carbonyl (C=O) groups is 1. The average molecular weight is 276 g/mol. The quantitative estimate of drug-likeness (QED) is 0.857. The predicted molar refractivity (Wildman–Crippen MR) is 59.4 cm³/mol. The third-order valence-corrected chi connectivity index (χ3v) is 2.92. The van der Waals surface area contributed by atoms with E-state index in [1.807, 2.05) is 0 Å². The Bertz CT molecular complexity index is 475. The molecule has 1 saturated heterocycles. The van der Waals surface area contributed by atoms with Gasteiger partial charge in [0.2, 0.25) is 5.91 Å². The number of alkyl halides is 3. The van der Waals surface area contributed by atoms with Crippen LogP contribution in [0.2, 0.25) is 0 Å². The molecule has 19 heavy (non-hydrogen) atoms. The molecule has 0 radical (unpaired) electrons. The topological polar surface area (TPSA) is 32.3 Å². The van der Waals surface area contributed by atoms with Crippen molar-refractivity contribution in [3.63, 3.8) is 0 Å². The molecule has 1 heterocycles. The van der Waals surface area contributed by atoms with Crippen molar-refractivity contribution in [1.82, 2.24) is 10.4 Å². The van der Waals surface area contributed by atoms with Crippen molar-refractivity contribution in [2.45, 2.75) is 25.1 Å². The van der Waals surface area contributed by atoms with Gasteiger partial charge < -0.3 is 0 Å². The molecule has 3 nitrogen and oxygen atoms in total. The van der Waals surface area contributed by atoms with Crippen LogP contribution in [0.15, 0.2) is 24.3 Å². The van der Waals surface area contributed by atoms with Crippen molar-refractivity contribution < 1.29 is 22.4 Å². The minimum atomic E-state index is -4.50. The van der Waals surface area contributed by atoms with Gasteiger partial charge in [0.05, 0.1) is 0 Å². The Morgan fingerprint density at radius 2 is 2.11 bits per heavy atom. The molecule has 1 N–H and O–H groups in total. The van der Waals surface area contributed by atoms with Crippen molar-refractivity contribution >= 4 is 5.91 Å². The van der Waals surface area contributed by atoms with Crippen molar-refractivity contribution in [3.05, 3.63) is 35.6 Å². The van der Waals surface area contributed by atoms with Crippen molar-refractivity contribution in [2.24, 2.45) is 0 Å². The lowest BCUT2D eigenvalue weighted by atomic mass is 10.0. The zero-order valence-electron chi connectivity index (χ0n) is 9.88. The van der Waals surface area contributed by atoms with Crippen LogP contribution in [0.5, 0.6) is 0 Å². The molecule has 2 rings (SSSR count). The van der Waals surface area contributed by atoms with Crippen LogP contribution in [-0.4, -0.2) is 29.7 Å². The Labute approximate surface area is 107 Å². The van der Waals surface area contributed by atoms with Gasteiger partial charge >= 0.3 is 6.18 Å². The largest absolute Gasteiger partial charge is 0.406 e. The molecule has 1 aliphatic rings. The van der Waals surface area contributed by atoms with Gasteiger partial charge in [0.15, 0.2) is 0 Å². The van der Waals surface area contributed by atoms with Crippen molar-refractivity contribution in [2.75, 3.05) is 6.54 Å². The lowest BCUT2D eigenvalue weighted by Gasteiger charge is -2.28. The number of nitrogens with one attached hydrogen (secondary N) is 1. The molecule has 7 heteroatoms. The molecule has 1 atom stereocenters. The molecule has 0 bridgehead atoms. The van der Waals surface area contributed by atoms with E-state index in [2.05, 4.69) is 5.43 Å². The normalized spacial score (nSPS) is 18.4. The molecule has 1 fully saturated rings. The van der Waals surface area contributed by atoms with Crippen molar-refractivity contribution in [1.29, 1.82) is 0 Å². The van der Waals surface area contributed by atoms with Crippen LogP contribution in [0, 0.1) is 5.82 Å². The summed E-state index contributed by atoms with van der Waals surface area (Å²) in [5.74, 6) is -1.02. The second kappa shape index (κ2) is 5.16. The molecule has 1 aromatic carbocycles. The summed E-state index contributed by atoms with van der Waals surface area (Å²) in [6.45, 7) is -0.00166. The SMILES string of the molecule is O=C1CCN(C(Cc2cccc(F)c2)C(F)(F)F)N1. The second-order valence-corrected chi connectivity index (χ2v) is 4.37. The van der Waals surface area contributed by atoms with E-state index in [1.165, 1.54) is 18.2 Å². The van der Waals surface area contributed by atoms with E-state index in [0.717, 1.165) is 11.1 Å². The second-order valence-electron chi connectivity index (χ2n) is 4.37. The molecule has 0 saturated carbocycles. The van der Waals surface area contributed by atoms with Gasteiger partial charge in [-0.2, -0.15) is 13.2 Å². The highest BCUT2D eigenvalue weighted by molar-refractivity contribution is 5.77. The van der Waals surface area contributed by atoms with E-state index >= 15 is 0 Å². The monoisotopic (exact) mass is 276 g/mol. The minimum Gasteiger partial charge on any atom is -0.288 e. The number of rotatable bonds is 3. The summed E-state index contributed by atoms with van der Waals surface area (Å²) in [5, 5.41) is 0.868. The minimum absolute atomic E-state index is 0.00166. The van der Waals surface area contributed by atoms with Gasteiger partial charge in [-0.1, -0.05) is 12.1 Å². The van der Waals surface area contributed by atoms with Gasteiger partial charge in [-0.3, -0.25) is 10.2 Å². The first-order valence-electron chi connectivity index (χ1n) is 5.73. The molecular weight excluding hydrogens is 264 g/mol. The van der Waals surface area contributed by atoms with E-state index in [1.54, 1.807) is 0 Å². The maximum atomic E-state index is 13.0. The fourth-order valence-corrected chi connectivity index (χ4v) is 2.02. The maximum Gasteiger partial charge on any atom is 0.406 e. The van der Waals surface area contributed by atoms with Gasteiger partial charge in [0.25, 0.3) is 0 Å². The van der Waals surface area contributed by atoms with E-state index in [0.29, 0.717) is 0 Å². The number of hydrazine groups is 1. The molecule has 1 aromatic rings. The summed E-state index contributed by atoms with van der Waals surface area (Å²) in [7, 11) is 0. The Hall–Kier alpha value is -1.63. The Morgan fingerprint density at radius 1 is 1.37 bits per heavy atom. The molecular formula is C12H12F4N2O. The first kappa shape index (κ1) is 13.8. The van der Waals surface area contributed by atoms with E-state index in [4.69, 9.17) is 0 Å². The average Bonchev–Trinajstić information content (AvgIpc) is 2.71. The van der Waals surface area contributed by atoms with E-state index < -0.39 is 30.4 Å². The maximum absolute atomic E-state index is 13.0. The summed E-state index contributed by atoms with van der Waals surface area (Å²) in [6, 6.07) is 3.18. The molecule has 1 amide bonds. The van der Waals surface area contributed by atoms with Gasteiger partial charge in [0, 0.05) is 13.0 Å². The van der Waals surface area contributed by atoms with Gasteiger partial charge in [-0.05, 0) is 24.1 Å². The number of nitrogens with zero attached hydrogens (tertiary/aromatic N) is 1. The summed E-state index contributed by atoms with van der Waals surface area (Å²) in [6.07, 6.45) is -4.86. The highest BCUT2D eigenvalue weighted by Gasteiger charge is 2.45. The predicted octanol–water partition coefficient (Wildman–Crippen LogP) is 2.04. The smallest absolute Gasteiger partial charge is 0.288 e. The molecule has 104 valence electrons. The van der Waals surface area contributed by atoms with Gasteiger partial charge in [-0.15, -0.1) is 0 Å². The highest BCUT2D eigenvalue weighted by atomic mass is 19.4. The number of halogens is 4. The number of hydrogen-bond donors (Lipinski definition) is 1. The fraction of sp³-hybridized carbons (Fsp3) is 0.417. The van der Waals surface area contributed by atoms with Crippen molar-refractivity contribution in [3.8, 4) is 0 Å². The number of amides is 1. The first-order chi connectivity index (χ1) is 8.86. The van der Waals surface area contributed by atoms with E-state index in [9.17, 15) is 22.4 Å². The van der Waals surface area contributed by atoms with Gasteiger partial charge in [0.1, 0.15) is 11.9 Å². The van der Waals surface area contributed by atoms with Crippen LogP contribution in [0.3, 0.4) is 0 Å². The number of carbonyl (C=O) groups excluding carboxylic acids is 1. The number of benzene rings is 1.